The third-order valence-corrected chi connectivity index (χ3v) is 3.10. The fourth-order valence-corrected chi connectivity index (χ4v) is 1.93. The Kier molecular flexibility index (Phi) is 3.98. The lowest BCUT2D eigenvalue weighted by atomic mass is 10.0. The molecule has 0 radical (unpaired) electrons. The number of aromatic nitrogens is 2. The van der Waals surface area contributed by atoms with Gasteiger partial charge < -0.3 is 5.11 Å². The van der Waals surface area contributed by atoms with Crippen LogP contribution in [-0.2, 0) is 4.79 Å². The number of carboxylic acid groups (broad SMARTS) is 1. The van der Waals surface area contributed by atoms with Crippen LogP contribution in [0.2, 0.25) is 0 Å². The molecule has 1 atom stereocenters. The van der Waals surface area contributed by atoms with Crippen LogP contribution in [-0.4, -0.2) is 26.6 Å². The highest BCUT2D eigenvalue weighted by Gasteiger charge is 2.24. The quantitative estimate of drug-likeness (QED) is 0.848. The van der Waals surface area contributed by atoms with Crippen LogP contribution < -0.4 is 0 Å². The zero-order chi connectivity index (χ0) is 14.7. The zero-order valence-corrected chi connectivity index (χ0v) is 11.4. The summed E-state index contributed by atoms with van der Waals surface area (Å²) in [7, 11) is 0. The highest BCUT2D eigenvalue weighted by atomic mass is 16.4. The lowest BCUT2D eigenvalue weighted by Gasteiger charge is -2.12. The number of rotatable bonds is 5. The molecule has 104 valence electrons. The van der Waals surface area contributed by atoms with E-state index in [2.05, 4.69) is 5.10 Å². The Morgan fingerprint density at radius 2 is 1.85 bits per heavy atom. The first kappa shape index (κ1) is 14.0. The second-order valence-corrected chi connectivity index (χ2v) is 4.78. The maximum absolute atomic E-state index is 12.1. The fraction of sp³-hybridized carbons (Fsp3) is 0.267. The Bertz CT molecular complexity index is 629. The second-order valence-electron chi connectivity index (χ2n) is 4.78. The summed E-state index contributed by atoms with van der Waals surface area (Å²) in [6, 6.07) is 7.84. The maximum atomic E-state index is 12.1. The van der Waals surface area contributed by atoms with Gasteiger partial charge in [0.05, 0.1) is 5.69 Å². The lowest BCUT2D eigenvalue weighted by molar-refractivity contribution is -0.141. The largest absolute Gasteiger partial charge is 0.480 e. The Morgan fingerprint density at radius 1 is 1.20 bits per heavy atom. The minimum Gasteiger partial charge on any atom is -0.480 e. The number of carbonyl (C=O) groups excluding carboxylic acids is 1. The molecule has 0 unspecified atom stereocenters. The smallest absolute Gasteiger partial charge is 0.328 e. The molecule has 2 aromatic rings. The third kappa shape index (κ3) is 3.12. The van der Waals surface area contributed by atoms with Gasteiger partial charge in [0.15, 0.2) is 11.8 Å². The van der Waals surface area contributed by atoms with Crippen LogP contribution >= 0.6 is 0 Å². The SMILES string of the molecule is Cc1ccc(C(=O)C[C@@H](C(=O)O)n2ccc(C)n2)cc1. The molecule has 0 aliphatic carbocycles. The zero-order valence-electron chi connectivity index (χ0n) is 11.4. The molecule has 0 spiro atoms. The molecule has 0 aliphatic rings. The summed E-state index contributed by atoms with van der Waals surface area (Å²) in [4.78, 5) is 23.5. The Balaban J connectivity index is 2.18. The average Bonchev–Trinajstić information content (AvgIpc) is 2.82. The van der Waals surface area contributed by atoms with Gasteiger partial charge in [0.25, 0.3) is 0 Å². The van der Waals surface area contributed by atoms with Crippen molar-refractivity contribution in [2.45, 2.75) is 26.3 Å². The second kappa shape index (κ2) is 5.69. The van der Waals surface area contributed by atoms with Gasteiger partial charge in [-0.25, -0.2) is 4.79 Å². The summed E-state index contributed by atoms with van der Waals surface area (Å²) < 4.78 is 1.32. The third-order valence-electron chi connectivity index (χ3n) is 3.10. The molecule has 1 aromatic heterocycles. The lowest BCUT2D eigenvalue weighted by Crippen LogP contribution is -2.23. The monoisotopic (exact) mass is 272 g/mol. The summed E-state index contributed by atoms with van der Waals surface area (Å²) in [5, 5.41) is 13.3. The molecular weight excluding hydrogens is 256 g/mol. The number of carboxylic acids is 1. The summed E-state index contributed by atoms with van der Waals surface area (Å²) >= 11 is 0. The summed E-state index contributed by atoms with van der Waals surface area (Å²) in [5.41, 5.74) is 2.30. The molecule has 0 fully saturated rings. The number of aryl methyl sites for hydroxylation is 2. The van der Waals surface area contributed by atoms with Crippen LogP contribution in [0.5, 0.6) is 0 Å². The molecule has 0 aliphatic heterocycles. The Labute approximate surface area is 116 Å². The van der Waals surface area contributed by atoms with Gasteiger partial charge in [-0.15, -0.1) is 0 Å². The standard InChI is InChI=1S/C15H16N2O3/c1-10-3-5-12(6-4-10)14(18)9-13(15(19)20)17-8-7-11(2)16-17/h3-8,13H,9H2,1-2H3,(H,19,20)/t13-/m0/s1. The molecule has 0 bridgehead atoms. The fourth-order valence-electron chi connectivity index (χ4n) is 1.93. The van der Waals surface area contributed by atoms with E-state index in [-0.39, 0.29) is 12.2 Å². The first-order valence-electron chi connectivity index (χ1n) is 6.32. The van der Waals surface area contributed by atoms with E-state index in [0.29, 0.717) is 5.56 Å². The predicted molar refractivity (Wildman–Crippen MR) is 73.8 cm³/mol. The van der Waals surface area contributed by atoms with Gasteiger partial charge in [-0.1, -0.05) is 29.8 Å². The van der Waals surface area contributed by atoms with Crippen molar-refractivity contribution in [2.24, 2.45) is 0 Å². The van der Waals surface area contributed by atoms with Crippen molar-refractivity contribution in [2.75, 3.05) is 0 Å². The predicted octanol–water partition coefficient (Wildman–Crippen LogP) is 2.40. The first-order chi connectivity index (χ1) is 9.47. The van der Waals surface area contributed by atoms with Crippen LogP contribution in [0, 0.1) is 13.8 Å². The first-order valence-corrected chi connectivity index (χ1v) is 6.32. The van der Waals surface area contributed by atoms with Gasteiger partial charge in [0.2, 0.25) is 0 Å². The number of hydrogen-bond donors (Lipinski definition) is 1. The molecule has 5 nitrogen and oxygen atoms in total. The van der Waals surface area contributed by atoms with E-state index in [4.69, 9.17) is 0 Å². The van der Waals surface area contributed by atoms with Crippen LogP contribution in [0.4, 0.5) is 0 Å². The molecule has 0 saturated carbocycles. The number of aliphatic carboxylic acids is 1. The van der Waals surface area contributed by atoms with Crippen LogP contribution in [0.3, 0.4) is 0 Å². The van der Waals surface area contributed by atoms with Crippen LogP contribution in [0.1, 0.15) is 34.1 Å². The van der Waals surface area contributed by atoms with Gasteiger partial charge in [-0.05, 0) is 19.9 Å². The minimum absolute atomic E-state index is 0.112. The molecule has 5 heteroatoms. The number of hydrogen-bond acceptors (Lipinski definition) is 3. The van der Waals surface area contributed by atoms with E-state index >= 15 is 0 Å². The summed E-state index contributed by atoms with van der Waals surface area (Å²) in [6.07, 6.45) is 1.47. The van der Waals surface area contributed by atoms with Gasteiger partial charge in [-0.2, -0.15) is 5.10 Å². The minimum atomic E-state index is -1.06. The Morgan fingerprint density at radius 3 is 2.35 bits per heavy atom. The van der Waals surface area contributed by atoms with E-state index in [1.807, 2.05) is 19.1 Å². The molecule has 20 heavy (non-hydrogen) atoms. The van der Waals surface area contributed by atoms with Crippen molar-refractivity contribution in [3.8, 4) is 0 Å². The van der Waals surface area contributed by atoms with Gasteiger partial charge in [0.1, 0.15) is 0 Å². The highest BCUT2D eigenvalue weighted by Crippen LogP contribution is 2.16. The Hall–Kier alpha value is -2.43. The van der Waals surface area contributed by atoms with Gasteiger partial charge >= 0.3 is 5.97 Å². The molecule has 1 aromatic carbocycles. The molecule has 2 rings (SSSR count). The number of nitrogens with zero attached hydrogens (tertiary/aromatic N) is 2. The molecule has 1 heterocycles. The normalized spacial score (nSPS) is 12.1. The van der Waals surface area contributed by atoms with Crippen molar-refractivity contribution in [1.29, 1.82) is 0 Å². The van der Waals surface area contributed by atoms with E-state index in [9.17, 15) is 14.7 Å². The van der Waals surface area contributed by atoms with Crippen molar-refractivity contribution in [3.63, 3.8) is 0 Å². The van der Waals surface area contributed by atoms with Gasteiger partial charge in [0, 0.05) is 18.2 Å². The average molecular weight is 272 g/mol. The van der Waals surface area contributed by atoms with E-state index in [0.717, 1.165) is 11.3 Å². The molecule has 0 amide bonds. The molecule has 1 N–H and O–H groups in total. The van der Waals surface area contributed by atoms with E-state index in [1.54, 1.807) is 31.3 Å². The van der Waals surface area contributed by atoms with Crippen molar-refractivity contribution >= 4 is 11.8 Å². The van der Waals surface area contributed by atoms with Crippen LogP contribution in [0.15, 0.2) is 36.5 Å². The van der Waals surface area contributed by atoms with Crippen molar-refractivity contribution in [1.82, 2.24) is 9.78 Å². The van der Waals surface area contributed by atoms with E-state index < -0.39 is 12.0 Å². The van der Waals surface area contributed by atoms with Gasteiger partial charge in [-0.3, -0.25) is 9.48 Å². The number of Topliss-reactive ketones (excluding diaryl/α,β-unsaturated/α-hetero) is 1. The number of carbonyl (C=O) groups is 2. The van der Waals surface area contributed by atoms with E-state index in [1.165, 1.54) is 4.68 Å². The highest BCUT2D eigenvalue weighted by molar-refractivity contribution is 5.98. The van der Waals surface area contributed by atoms with Crippen molar-refractivity contribution in [3.05, 3.63) is 53.3 Å². The molecule has 0 saturated heterocycles. The maximum Gasteiger partial charge on any atom is 0.328 e. The van der Waals surface area contributed by atoms with Crippen molar-refractivity contribution < 1.29 is 14.7 Å². The number of ketones is 1. The van der Waals surface area contributed by atoms with Crippen LogP contribution in [0.25, 0.3) is 0 Å². The molecular formula is C15H16N2O3. The number of benzene rings is 1. The topological polar surface area (TPSA) is 72.2 Å². The summed E-state index contributed by atoms with van der Waals surface area (Å²) in [5.74, 6) is -1.26. The summed E-state index contributed by atoms with van der Waals surface area (Å²) in [6.45, 7) is 3.71.